The molecule has 2 aromatic carbocycles. The van der Waals surface area contributed by atoms with Gasteiger partial charge in [-0.1, -0.05) is 12.1 Å². The molecule has 1 saturated heterocycles. The summed E-state index contributed by atoms with van der Waals surface area (Å²) < 4.78 is 38.7. The fourth-order valence-corrected chi connectivity index (χ4v) is 3.49. The van der Waals surface area contributed by atoms with E-state index in [-0.39, 0.29) is 43.5 Å². The number of benzene rings is 2. The van der Waals surface area contributed by atoms with Crippen LogP contribution in [0.2, 0.25) is 0 Å². The fourth-order valence-electron chi connectivity index (χ4n) is 3.49. The Morgan fingerprint density at radius 1 is 1.03 bits per heavy atom. The molecular formula is C20H16F3N5O3. The highest BCUT2D eigenvalue weighted by atomic mass is 19.4. The number of amides is 1. The van der Waals surface area contributed by atoms with Crippen molar-refractivity contribution in [3.05, 3.63) is 70.0 Å². The lowest BCUT2D eigenvalue weighted by Crippen LogP contribution is -2.49. The molecule has 0 spiro atoms. The first kappa shape index (κ1) is 20.5. The maximum Gasteiger partial charge on any atom is 0.416 e. The van der Waals surface area contributed by atoms with Crippen LogP contribution in [0.1, 0.15) is 16.1 Å². The quantitative estimate of drug-likeness (QED) is 0.466. The Labute approximate surface area is 174 Å². The molecule has 1 aromatic heterocycles. The van der Waals surface area contributed by atoms with E-state index in [1.807, 2.05) is 6.07 Å². The number of alkyl halides is 3. The van der Waals surface area contributed by atoms with Crippen LogP contribution in [0.15, 0.2) is 48.7 Å². The van der Waals surface area contributed by atoms with Crippen molar-refractivity contribution in [2.75, 3.05) is 31.1 Å². The number of fused-ring (bicyclic) bond motifs is 1. The lowest BCUT2D eigenvalue weighted by atomic mass is 10.1. The number of rotatable bonds is 3. The molecule has 1 fully saturated rings. The summed E-state index contributed by atoms with van der Waals surface area (Å²) in [6, 6.07) is 9.61. The van der Waals surface area contributed by atoms with E-state index in [4.69, 9.17) is 0 Å². The van der Waals surface area contributed by atoms with Crippen LogP contribution in [0.25, 0.3) is 11.0 Å². The Balaban J connectivity index is 1.50. The molecule has 0 saturated carbocycles. The number of nitro groups is 1. The molecule has 1 aliphatic heterocycles. The fraction of sp³-hybridized carbons (Fsp3) is 0.250. The van der Waals surface area contributed by atoms with Crippen molar-refractivity contribution in [2.45, 2.75) is 6.18 Å². The Kier molecular flexibility index (Phi) is 5.17. The van der Waals surface area contributed by atoms with E-state index in [1.165, 1.54) is 6.20 Å². The van der Waals surface area contributed by atoms with Crippen LogP contribution < -0.4 is 4.90 Å². The summed E-state index contributed by atoms with van der Waals surface area (Å²) in [5, 5.41) is 11.3. The van der Waals surface area contributed by atoms with Gasteiger partial charge in [0.05, 0.1) is 27.7 Å². The van der Waals surface area contributed by atoms with E-state index in [9.17, 15) is 28.1 Å². The topological polar surface area (TPSA) is 92.5 Å². The molecule has 31 heavy (non-hydrogen) atoms. The van der Waals surface area contributed by atoms with E-state index in [1.54, 1.807) is 28.0 Å². The van der Waals surface area contributed by atoms with Crippen molar-refractivity contribution >= 4 is 28.3 Å². The van der Waals surface area contributed by atoms with E-state index < -0.39 is 22.4 Å². The van der Waals surface area contributed by atoms with Crippen LogP contribution in [0.5, 0.6) is 0 Å². The van der Waals surface area contributed by atoms with E-state index in [2.05, 4.69) is 9.97 Å². The van der Waals surface area contributed by atoms with Crippen LogP contribution in [0, 0.1) is 10.1 Å². The lowest BCUT2D eigenvalue weighted by Gasteiger charge is -2.35. The summed E-state index contributed by atoms with van der Waals surface area (Å²) in [5.41, 5.74) is -0.157. The molecule has 1 amide bonds. The van der Waals surface area contributed by atoms with Gasteiger partial charge < -0.3 is 9.80 Å². The third-order valence-corrected chi connectivity index (χ3v) is 5.07. The van der Waals surface area contributed by atoms with E-state index in [0.717, 1.165) is 12.1 Å². The Hall–Kier alpha value is -3.76. The first-order valence-corrected chi connectivity index (χ1v) is 9.36. The van der Waals surface area contributed by atoms with Crippen LogP contribution in [0.4, 0.5) is 24.5 Å². The largest absolute Gasteiger partial charge is 0.416 e. The molecule has 11 heteroatoms. The summed E-state index contributed by atoms with van der Waals surface area (Å²) in [6.45, 7) is 0.953. The number of aromatic nitrogens is 2. The van der Waals surface area contributed by atoms with Crippen molar-refractivity contribution in [2.24, 2.45) is 0 Å². The molecule has 2 heterocycles. The molecule has 8 nitrogen and oxygen atoms in total. The summed E-state index contributed by atoms with van der Waals surface area (Å²) in [6.07, 6.45) is -3.27. The summed E-state index contributed by atoms with van der Waals surface area (Å²) in [5.74, 6) is -0.320. The third kappa shape index (κ3) is 4.11. The van der Waals surface area contributed by atoms with E-state index in [0.29, 0.717) is 17.1 Å². The average Bonchev–Trinajstić information content (AvgIpc) is 2.77. The van der Waals surface area contributed by atoms with Gasteiger partial charge in [-0.3, -0.25) is 19.9 Å². The summed E-state index contributed by atoms with van der Waals surface area (Å²) in [4.78, 5) is 35.0. The molecule has 160 valence electrons. The standard InChI is InChI=1S/C20H16F3N5O3/c21-20(22,23)13-5-6-17(18(11-13)28(30)31)26-7-9-27(10-8-26)19(29)16-12-24-14-3-1-2-4-15(14)25-16/h1-6,11-12H,7-10H2. The molecule has 1 aliphatic rings. The number of halogens is 3. The van der Waals surface area contributed by atoms with Gasteiger partial charge in [-0.15, -0.1) is 0 Å². The van der Waals surface area contributed by atoms with E-state index >= 15 is 0 Å². The maximum atomic E-state index is 12.9. The second-order valence-corrected chi connectivity index (χ2v) is 6.98. The number of carbonyl (C=O) groups is 1. The van der Waals surface area contributed by atoms with Crippen LogP contribution >= 0.6 is 0 Å². The predicted molar refractivity (Wildman–Crippen MR) is 106 cm³/mol. The second-order valence-electron chi connectivity index (χ2n) is 6.98. The van der Waals surface area contributed by atoms with Crippen molar-refractivity contribution in [3.63, 3.8) is 0 Å². The summed E-state index contributed by atoms with van der Waals surface area (Å²) in [7, 11) is 0. The monoisotopic (exact) mass is 431 g/mol. The van der Waals surface area contributed by atoms with Gasteiger partial charge in [-0.05, 0) is 24.3 Å². The minimum absolute atomic E-state index is 0.0931. The molecule has 0 N–H and O–H groups in total. The average molecular weight is 431 g/mol. The molecule has 0 unspecified atom stereocenters. The normalized spacial score (nSPS) is 14.7. The zero-order valence-electron chi connectivity index (χ0n) is 16.0. The Morgan fingerprint density at radius 2 is 1.71 bits per heavy atom. The van der Waals surface area contributed by atoms with Crippen molar-refractivity contribution in [1.82, 2.24) is 14.9 Å². The van der Waals surface area contributed by atoms with Crippen molar-refractivity contribution in [1.29, 1.82) is 0 Å². The highest BCUT2D eigenvalue weighted by molar-refractivity contribution is 5.94. The number of piperazine rings is 1. The number of hydrogen-bond acceptors (Lipinski definition) is 6. The van der Waals surface area contributed by atoms with Gasteiger partial charge in [0.25, 0.3) is 11.6 Å². The number of carbonyl (C=O) groups excluding carboxylic acids is 1. The van der Waals surface area contributed by atoms with Gasteiger partial charge in [0.1, 0.15) is 11.4 Å². The van der Waals surface area contributed by atoms with Crippen LogP contribution in [-0.2, 0) is 6.18 Å². The number of nitrogens with zero attached hydrogens (tertiary/aromatic N) is 5. The minimum Gasteiger partial charge on any atom is -0.362 e. The first-order chi connectivity index (χ1) is 14.7. The van der Waals surface area contributed by atoms with Crippen LogP contribution in [-0.4, -0.2) is 51.9 Å². The number of para-hydroxylation sites is 2. The summed E-state index contributed by atoms with van der Waals surface area (Å²) >= 11 is 0. The number of nitro benzene ring substituents is 1. The highest BCUT2D eigenvalue weighted by Crippen LogP contribution is 2.36. The highest BCUT2D eigenvalue weighted by Gasteiger charge is 2.34. The third-order valence-electron chi connectivity index (χ3n) is 5.07. The van der Waals surface area contributed by atoms with Crippen molar-refractivity contribution < 1.29 is 22.9 Å². The SMILES string of the molecule is O=C(c1cnc2ccccc2n1)N1CCN(c2ccc(C(F)(F)F)cc2[N+](=O)[O-])CC1. The van der Waals surface area contributed by atoms with Gasteiger partial charge in [-0.25, -0.2) is 4.98 Å². The molecular weight excluding hydrogens is 415 g/mol. The molecule has 3 aromatic rings. The molecule has 0 aliphatic carbocycles. The molecule has 4 rings (SSSR count). The van der Waals surface area contributed by atoms with Crippen LogP contribution in [0.3, 0.4) is 0 Å². The Bertz CT molecular complexity index is 1160. The first-order valence-electron chi connectivity index (χ1n) is 9.36. The smallest absolute Gasteiger partial charge is 0.362 e. The van der Waals surface area contributed by atoms with Crippen molar-refractivity contribution in [3.8, 4) is 0 Å². The van der Waals surface area contributed by atoms with Gasteiger partial charge in [-0.2, -0.15) is 13.2 Å². The lowest BCUT2D eigenvalue weighted by molar-refractivity contribution is -0.384. The van der Waals surface area contributed by atoms with Gasteiger partial charge >= 0.3 is 6.18 Å². The Morgan fingerprint density at radius 3 is 2.35 bits per heavy atom. The van der Waals surface area contributed by atoms with Gasteiger partial charge in [0.15, 0.2) is 0 Å². The molecule has 0 bridgehead atoms. The zero-order valence-corrected chi connectivity index (χ0v) is 16.0. The second kappa shape index (κ2) is 7.82. The number of hydrogen-bond donors (Lipinski definition) is 0. The molecule has 0 atom stereocenters. The predicted octanol–water partition coefficient (Wildman–Crippen LogP) is 3.52. The minimum atomic E-state index is -4.67. The zero-order chi connectivity index (χ0) is 22.2. The van der Waals surface area contributed by atoms with Gasteiger partial charge in [0.2, 0.25) is 0 Å². The van der Waals surface area contributed by atoms with Gasteiger partial charge in [0, 0.05) is 32.2 Å². The molecule has 0 radical (unpaired) electrons. The number of anilines is 1. The maximum absolute atomic E-state index is 12.9.